The van der Waals surface area contributed by atoms with E-state index in [-0.39, 0.29) is 5.92 Å². The Morgan fingerprint density at radius 2 is 1.89 bits per heavy atom. The average molecular weight is 264 g/mol. The fourth-order valence-electron chi connectivity index (χ4n) is 3.33. The fraction of sp³-hybridized carbons (Fsp3) is 0.625. The van der Waals surface area contributed by atoms with E-state index in [1.54, 1.807) is 14.0 Å². The standard InChI is InChI=1S/C16H24O3/c1-15(17)11-5-4-6-14(15)16(2,18)12-7-9-13(19-3)10-8-12/h7-10,14,17-18H,4-6,11H2,1-3H3/t14-,15+,16-/m0/s1. The van der Waals surface area contributed by atoms with E-state index in [0.717, 1.165) is 37.0 Å². The number of methoxy groups -OCH3 is 1. The summed E-state index contributed by atoms with van der Waals surface area (Å²) in [5.74, 6) is 0.636. The Labute approximate surface area is 115 Å². The highest BCUT2D eigenvalue weighted by Gasteiger charge is 2.46. The third-order valence-electron chi connectivity index (χ3n) is 4.53. The van der Waals surface area contributed by atoms with Crippen LogP contribution in [0.3, 0.4) is 0 Å². The minimum absolute atomic E-state index is 0.137. The van der Waals surface area contributed by atoms with E-state index in [2.05, 4.69) is 0 Å². The molecule has 19 heavy (non-hydrogen) atoms. The highest BCUT2D eigenvalue weighted by Crippen LogP contribution is 2.44. The van der Waals surface area contributed by atoms with Crippen molar-refractivity contribution in [1.29, 1.82) is 0 Å². The van der Waals surface area contributed by atoms with E-state index >= 15 is 0 Å². The summed E-state index contributed by atoms with van der Waals surface area (Å²) in [5, 5.41) is 21.5. The van der Waals surface area contributed by atoms with Crippen molar-refractivity contribution in [2.75, 3.05) is 7.11 Å². The maximum Gasteiger partial charge on any atom is 0.118 e. The van der Waals surface area contributed by atoms with Crippen LogP contribution < -0.4 is 4.74 Å². The van der Waals surface area contributed by atoms with E-state index in [9.17, 15) is 10.2 Å². The van der Waals surface area contributed by atoms with Crippen LogP contribution in [0.2, 0.25) is 0 Å². The van der Waals surface area contributed by atoms with E-state index in [0.29, 0.717) is 0 Å². The van der Waals surface area contributed by atoms with Gasteiger partial charge in [-0.1, -0.05) is 25.0 Å². The number of ether oxygens (including phenoxy) is 1. The zero-order chi connectivity index (χ0) is 14.1. The molecule has 1 aliphatic carbocycles. The van der Waals surface area contributed by atoms with Crippen molar-refractivity contribution in [1.82, 2.24) is 0 Å². The third-order valence-corrected chi connectivity index (χ3v) is 4.53. The molecule has 0 aromatic heterocycles. The molecule has 0 amide bonds. The first kappa shape index (κ1) is 14.4. The van der Waals surface area contributed by atoms with Crippen LogP contribution in [-0.4, -0.2) is 22.9 Å². The lowest BCUT2D eigenvalue weighted by molar-refractivity contribution is -0.133. The molecular formula is C16H24O3. The molecule has 1 aliphatic rings. The van der Waals surface area contributed by atoms with Crippen molar-refractivity contribution in [2.45, 2.75) is 50.7 Å². The monoisotopic (exact) mass is 264 g/mol. The number of rotatable bonds is 3. The summed E-state index contributed by atoms with van der Waals surface area (Å²) in [7, 11) is 1.62. The molecule has 0 bridgehead atoms. The molecule has 0 saturated heterocycles. The number of hydrogen-bond donors (Lipinski definition) is 2. The number of benzene rings is 1. The van der Waals surface area contributed by atoms with Crippen LogP contribution in [0.1, 0.15) is 45.1 Å². The van der Waals surface area contributed by atoms with Gasteiger partial charge in [0.25, 0.3) is 0 Å². The average Bonchev–Trinajstić information content (AvgIpc) is 2.38. The Kier molecular flexibility index (Phi) is 3.88. The molecule has 0 radical (unpaired) electrons. The van der Waals surface area contributed by atoms with Crippen molar-refractivity contribution in [3.05, 3.63) is 29.8 Å². The maximum atomic E-state index is 10.9. The normalized spacial score (nSPS) is 30.7. The fourth-order valence-corrected chi connectivity index (χ4v) is 3.33. The van der Waals surface area contributed by atoms with Gasteiger partial charge in [-0.05, 0) is 44.4 Å². The van der Waals surface area contributed by atoms with Gasteiger partial charge < -0.3 is 14.9 Å². The topological polar surface area (TPSA) is 49.7 Å². The van der Waals surface area contributed by atoms with Crippen molar-refractivity contribution >= 4 is 0 Å². The predicted molar refractivity (Wildman–Crippen MR) is 75.1 cm³/mol. The minimum Gasteiger partial charge on any atom is -0.497 e. The molecule has 0 unspecified atom stereocenters. The van der Waals surface area contributed by atoms with Crippen LogP contribution >= 0.6 is 0 Å². The molecule has 1 saturated carbocycles. The lowest BCUT2D eigenvalue weighted by Crippen LogP contribution is -2.48. The zero-order valence-electron chi connectivity index (χ0n) is 12.0. The van der Waals surface area contributed by atoms with Gasteiger partial charge in [0.15, 0.2) is 0 Å². The molecular weight excluding hydrogens is 240 g/mol. The van der Waals surface area contributed by atoms with Gasteiger partial charge in [-0.3, -0.25) is 0 Å². The summed E-state index contributed by atoms with van der Waals surface area (Å²) < 4.78 is 5.14. The van der Waals surface area contributed by atoms with Crippen LogP contribution in [0.15, 0.2) is 24.3 Å². The third kappa shape index (κ3) is 2.77. The second-order valence-electron chi connectivity index (χ2n) is 6.03. The molecule has 3 nitrogen and oxygen atoms in total. The molecule has 0 aliphatic heterocycles. The van der Waals surface area contributed by atoms with E-state index < -0.39 is 11.2 Å². The first-order valence-electron chi connectivity index (χ1n) is 6.97. The van der Waals surface area contributed by atoms with Crippen LogP contribution in [-0.2, 0) is 5.60 Å². The van der Waals surface area contributed by atoms with Gasteiger partial charge in [0.05, 0.1) is 18.3 Å². The molecule has 2 N–H and O–H groups in total. The molecule has 3 atom stereocenters. The van der Waals surface area contributed by atoms with Gasteiger partial charge in [-0.2, -0.15) is 0 Å². The molecule has 2 rings (SSSR count). The molecule has 3 heteroatoms. The number of aliphatic hydroxyl groups is 2. The summed E-state index contributed by atoms with van der Waals surface area (Å²) in [6.45, 7) is 3.65. The lowest BCUT2D eigenvalue weighted by atomic mass is 9.66. The van der Waals surface area contributed by atoms with E-state index in [1.807, 2.05) is 31.2 Å². The van der Waals surface area contributed by atoms with Crippen LogP contribution in [0.25, 0.3) is 0 Å². The largest absolute Gasteiger partial charge is 0.497 e. The van der Waals surface area contributed by atoms with Gasteiger partial charge in [-0.15, -0.1) is 0 Å². The molecule has 1 aromatic rings. The Bertz CT molecular complexity index is 420. The summed E-state index contributed by atoms with van der Waals surface area (Å²) in [6, 6.07) is 7.45. The highest BCUT2D eigenvalue weighted by molar-refractivity contribution is 5.31. The molecule has 106 valence electrons. The van der Waals surface area contributed by atoms with Crippen molar-refractivity contribution < 1.29 is 14.9 Å². The van der Waals surface area contributed by atoms with E-state index in [4.69, 9.17) is 4.74 Å². The lowest BCUT2D eigenvalue weighted by Gasteiger charge is -2.45. The maximum absolute atomic E-state index is 10.9. The highest BCUT2D eigenvalue weighted by atomic mass is 16.5. The smallest absolute Gasteiger partial charge is 0.118 e. The zero-order valence-corrected chi connectivity index (χ0v) is 12.0. The molecule has 0 spiro atoms. The quantitative estimate of drug-likeness (QED) is 0.882. The SMILES string of the molecule is COc1ccc([C@](C)(O)[C@H]2CCCC[C@@]2(C)O)cc1. The Balaban J connectivity index is 2.29. The minimum atomic E-state index is -1.02. The summed E-state index contributed by atoms with van der Waals surface area (Å²) >= 11 is 0. The number of hydrogen-bond acceptors (Lipinski definition) is 3. The predicted octanol–water partition coefficient (Wildman–Crippen LogP) is 2.84. The van der Waals surface area contributed by atoms with E-state index in [1.165, 1.54) is 0 Å². The summed E-state index contributed by atoms with van der Waals surface area (Å²) in [6.07, 6.45) is 3.70. The van der Waals surface area contributed by atoms with Gasteiger partial charge in [0, 0.05) is 5.92 Å². The van der Waals surface area contributed by atoms with Gasteiger partial charge in [-0.25, -0.2) is 0 Å². The van der Waals surface area contributed by atoms with Gasteiger partial charge in [0.1, 0.15) is 5.75 Å². The van der Waals surface area contributed by atoms with Crippen molar-refractivity contribution in [3.8, 4) is 5.75 Å². The second kappa shape index (κ2) is 5.14. The van der Waals surface area contributed by atoms with Gasteiger partial charge in [0.2, 0.25) is 0 Å². The van der Waals surface area contributed by atoms with Crippen molar-refractivity contribution in [2.24, 2.45) is 5.92 Å². The Morgan fingerprint density at radius 3 is 2.42 bits per heavy atom. The Hall–Kier alpha value is -1.06. The Morgan fingerprint density at radius 1 is 1.26 bits per heavy atom. The van der Waals surface area contributed by atoms with Crippen molar-refractivity contribution in [3.63, 3.8) is 0 Å². The van der Waals surface area contributed by atoms with Gasteiger partial charge >= 0.3 is 0 Å². The molecule has 1 aromatic carbocycles. The summed E-state index contributed by atoms with van der Waals surface area (Å²) in [4.78, 5) is 0. The molecule has 1 fully saturated rings. The van der Waals surface area contributed by atoms with Crippen LogP contribution in [0, 0.1) is 5.92 Å². The van der Waals surface area contributed by atoms with Crippen LogP contribution in [0.5, 0.6) is 5.75 Å². The first-order valence-corrected chi connectivity index (χ1v) is 6.97. The first-order chi connectivity index (χ1) is 8.88. The summed E-state index contributed by atoms with van der Waals surface area (Å²) in [5.41, 5.74) is -0.988. The molecule has 0 heterocycles. The second-order valence-corrected chi connectivity index (χ2v) is 6.03. The van der Waals surface area contributed by atoms with Crippen LogP contribution in [0.4, 0.5) is 0 Å².